The van der Waals surface area contributed by atoms with Gasteiger partial charge in [0.25, 0.3) is 0 Å². The zero-order valence-corrected chi connectivity index (χ0v) is 14.4. The van der Waals surface area contributed by atoms with Gasteiger partial charge in [-0.25, -0.2) is 0 Å². The highest BCUT2D eigenvalue weighted by Crippen LogP contribution is 2.38. The number of hydrogen-bond acceptors (Lipinski definition) is 3. The Hall–Kier alpha value is -0.120. The summed E-state index contributed by atoms with van der Waals surface area (Å²) in [5.41, 5.74) is 0.487. The van der Waals surface area contributed by atoms with Crippen LogP contribution in [-0.2, 0) is 0 Å². The highest BCUT2D eigenvalue weighted by atomic mass is 16.3. The number of nitrogens with one attached hydrogen (secondary N) is 1. The van der Waals surface area contributed by atoms with Gasteiger partial charge in [-0.1, -0.05) is 33.1 Å². The summed E-state index contributed by atoms with van der Waals surface area (Å²) < 4.78 is 0. The Balaban J connectivity index is 1.87. The zero-order chi connectivity index (χ0) is 15.3. The molecule has 0 amide bonds. The SMILES string of the molecule is CC(C)CNCC1(CN2CCC(C(C)O)C2)CCCCC1. The van der Waals surface area contributed by atoms with Crippen LogP contribution in [0.3, 0.4) is 0 Å². The van der Waals surface area contributed by atoms with Gasteiger partial charge in [0.2, 0.25) is 0 Å². The van der Waals surface area contributed by atoms with Gasteiger partial charge >= 0.3 is 0 Å². The van der Waals surface area contributed by atoms with Crippen molar-refractivity contribution in [3.05, 3.63) is 0 Å². The Labute approximate surface area is 131 Å². The van der Waals surface area contributed by atoms with Crippen LogP contribution < -0.4 is 5.32 Å². The highest BCUT2D eigenvalue weighted by molar-refractivity contribution is 4.90. The van der Waals surface area contributed by atoms with Gasteiger partial charge in [0.05, 0.1) is 6.10 Å². The average molecular weight is 296 g/mol. The molecule has 1 saturated carbocycles. The molecule has 2 rings (SSSR count). The fourth-order valence-electron chi connectivity index (χ4n) is 4.19. The van der Waals surface area contributed by atoms with E-state index in [-0.39, 0.29) is 6.10 Å². The van der Waals surface area contributed by atoms with Crippen molar-refractivity contribution in [1.29, 1.82) is 0 Å². The number of hydrogen-bond donors (Lipinski definition) is 2. The lowest BCUT2D eigenvalue weighted by molar-refractivity contribution is 0.0967. The van der Waals surface area contributed by atoms with E-state index in [1.54, 1.807) is 0 Å². The first-order valence-corrected chi connectivity index (χ1v) is 9.12. The molecule has 2 fully saturated rings. The molecule has 1 aliphatic heterocycles. The quantitative estimate of drug-likeness (QED) is 0.758. The maximum Gasteiger partial charge on any atom is 0.0552 e. The van der Waals surface area contributed by atoms with Gasteiger partial charge in [0.15, 0.2) is 0 Å². The second-order valence-corrected chi connectivity index (χ2v) is 8.11. The fourth-order valence-corrected chi connectivity index (χ4v) is 4.19. The van der Waals surface area contributed by atoms with E-state index >= 15 is 0 Å². The molecule has 0 aromatic heterocycles. The van der Waals surface area contributed by atoms with Crippen molar-refractivity contribution in [2.24, 2.45) is 17.3 Å². The molecule has 2 unspecified atom stereocenters. The minimum Gasteiger partial charge on any atom is -0.393 e. The molecule has 0 spiro atoms. The van der Waals surface area contributed by atoms with E-state index in [1.165, 1.54) is 58.2 Å². The lowest BCUT2D eigenvalue weighted by atomic mass is 9.73. The molecule has 0 bridgehead atoms. The lowest BCUT2D eigenvalue weighted by Gasteiger charge is -2.41. The molecular weight excluding hydrogens is 260 g/mol. The first-order valence-electron chi connectivity index (χ1n) is 9.12. The zero-order valence-electron chi connectivity index (χ0n) is 14.4. The monoisotopic (exact) mass is 296 g/mol. The van der Waals surface area contributed by atoms with Gasteiger partial charge in [0.1, 0.15) is 0 Å². The van der Waals surface area contributed by atoms with Crippen LogP contribution in [0.15, 0.2) is 0 Å². The van der Waals surface area contributed by atoms with Crippen LogP contribution in [0.4, 0.5) is 0 Å². The van der Waals surface area contributed by atoms with Crippen LogP contribution in [-0.4, -0.2) is 48.8 Å². The Morgan fingerprint density at radius 1 is 1.19 bits per heavy atom. The van der Waals surface area contributed by atoms with Crippen LogP contribution in [0.25, 0.3) is 0 Å². The van der Waals surface area contributed by atoms with Crippen LogP contribution in [0.1, 0.15) is 59.3 Å². The Morgan fingerprint density at radius 3 is 2.48 bits per heavy atom. The van der Waals surface area contributed by atoms with Gasteiger partial charge in [-0.3, -0.25) is 0 Å². The number of rotatable bonds is 7. The minimum atomic E-state index is -0.142. The minimum absolute atomic E-state index is 0.142. The van der Waals surface area contributed by atoms with Gasteiger partial charge in [-0.15, -0.1) is 0 Å². The van der Waals surface area contributed by atoms with E-state index in [0.29, 0.717) is 11.3 Å². The Kier molecular flexibility index (Phi) is 6.51. The van der Waals surface area contributed by atoms with E-state index in [0.717, 1.165) is 19.0 Å². The predicted molar refractivity (Wildman–Crippen MR) is 89.5 cm³/mol. The van der Waals surface area contributed by atoms with Gasteiger partial charge in [0, 0.05) is 19.6 Å². The lowest BCUT2D eigenvalue weighted by Crippen LogP contribution is -2.45. The first-order chi connectivity index (χ1) is 10.0. The highest BCUT2D eigenvalue weighted by Gasteiger charge is 2.36. The summed E-state index contributed by atoms with van der Waals surface area (Å²) in [6.45, 7) is 12.4. The molecule has 3 heteroatoms. The van der Waals surface area contributed by atoms with Crippen LogP contribution in [0.2, 0.25) is 0 Å². The summed E-state index contributed by atoms with van der Waals surface area (Å²) in [7, 11) is 0. The molecular formula is C18H36N2O. The van der Waals surface area contributed by atoms with Crippen molar-refractivity contribution in [3.63, 3.8) is 0 Å². The average Bonchev–Trinajstić information content (AvgIpc) is 2.88. The van der Waals surface area contributed by atoms with Crippen LogP contribution in [0.5, 0.6) is 0 Å². The molecule has 1 aliphatic carbocycles. The van der Waals surface area contributed by atoms with Crippen molar-refractivity contribution in [3.8, 4) is 0 Å². The van der Waals surface area contributed by atoms with Crippen LogP contribution in [0, 0.1) is 17.3 Å². The molecule has 1 saturated heterocycles. The molecule has 21 heavy (non-hydrogen) atoms. The molecule has 0 aromatic rings. The maximum absolute atomic E-state index is 9.80. The summed E-state index contributed by atoms with van der Waals surface area (Å²) in [5.74, 6) is 1.23. The van der Waals surface area contributed by atoms with Gasteiger partial charge in [-0.05, 0) is 56.5 Å². The third-order valence-electron chi connectivity index (χ3n) is 5.52. The van der Waals surface area contributed by atoms with Crippen molar-refractivity contribution in [2.75, 3.05) is 32.7 Å². The van der Waals surface area contributed by atoms with Crippen molar-refractivity contribution >= 4 is 0 Å². The summed E-state index contributed by atoms with van der Waals surface area (Å²) in [4.78, 5) is 2.62. The van der Waals surface area contributed by atoms with Crippen molar-refractivity contribution in [1.82, 2.24) is 10.2 Å². The first kappa shape index (κ1) is 17.2. The van der Waals surface area contributed by atoms with E-state index < -0.39 is 0 Å². The summed E-state index contributed by atoms with van der Waals surface area (Å²) >= 11 is 0. The van der Waals surface area contributed by atoms with Gasteiger partial charge < -0.3 is 15.3 Å². The summed E-state index contributed by atoms with van der Waals surface area (Å²) in [6.07, 6.45) is 8.02. The normalized spacial score (nSPS) is 28.1. The molecule has 2 aliphatic rings. The maximum atomic E-state index is 9.80. The van der Waals surface area contributed by atoms with Crippen molar-refractivity contribution < 1.29 is 5.11 Å². The molecule has 2 N–H and O–H groups in total. The number of nitrogens with zero attached hydrogens (tertiary/aromatic N) is 1. The van der Waals surface area contributed by atoms with Crippen LogP contribution >= 0.6 is 0 Å². The van der Waals surface area contributed by atoms with Gasteiger partial charge in [-0.2, -0.15) is 0 Å². The third-order valence-corrected chi connectivity index (χ3v) is 5.52. The second-order valence-electron chi connectivity index (χ2n) is 8.11. The number of likely N-dealkylation sites (tertiary alicyclic amines) is 1. The van der Waals surface area contributed by atoms with E-state index in [1.807, 2.05) is 6.92 Å². The number of aliphatic hydroxyl groups is 1. The molecule has 2 atom stereocenters. The molecule has 0 radical (unpaired) electrons. The van der Waals surface area contributed by atoms with E-state index in [2.05, 4.69) is 24.1 Å². The van der Waals surface area contributed by atoms with E-state index in [9.17, 15) is 5.11 Å². The summed E-state index contributed by atoms with van der Waals surface area (Å²) in [5, 5.41) is 13.5. The molecule has 1 heterocycles. The number of aliphatic hydroxyl groups excluding tert-OH is 1. The topological polar surface area (TPSA) is 35.5 Å². The standard InChI is InChI=1S/C18H36N2O/c1-15(2)11-19-13-18(8-5-4-6-9-18)14-20-10-7-17(12-20)16(3)21/h15-17,19,21H,4-14H2,1-3H3. The smallest absolute Gasteiger partial charge is 0.0552 e. The fraction of sp³-hybridized carbons (Fsp3) is 1.00. The molecule has 3 nitrogen and oxygen atoms in total. The summed E-state index contributed by atoms with van der Waals surface area (Å²) in [6, 6.07) is 0. The third kappa shape index (κ3) is 5.22. The Morgan fingerprint density at radius 2 is 1.90 bits per heavy atom. The van der Waals surface area contributed by atoms with Crippen molar-refractivity contribution in [2.45, 2.75) is 65.4 Å². The molecule has 0 aromatic carbocycles. The predicted octanol–water partition coefficient (Wildman–Crippen LogP) is 2.89. The Bertz CT molecular complexity index is 298. The van der Waals surface area contributed by atoms with E-state index in [4.69, 9.17) is 0 Å². The molecule has 124 valence electrons. The largest absolute Gasteiger partial charge is 0.393 e. The second kappa shape index (κ2) is 7.94.